The molecule has 0 bridgehead atoms. The minimum atomic E-state index is 0.0480. The summed E-state index contributed by atoms with van der Waals surface area (Å²) in [7, 11) is 0. The molecule has 1 aliphatic carbocycles. The van der Waals surface area contributed by atoms with Gasteiger partial charge in [-0.25, -0.2) is 0 Å². The Morgan fingerprint density at radius 3 is 2.20 bits per heavy atom. The first kappa shape index (κ1) is 19.2. The maximum Gasteiger partial charge on any atom is 0.157 e. The van der Waals surface area contributed by atoms with E-state index in [1.54, 1.807) is 0 Å². The van der Waals surface area contributed by atoms with Gasteiger partial charge in [0.25, 0.3) is 0 Å². The number of benzene rings is 1. The third kappa shape index (κ3) is 5.98. The van der Waals surface area contributed by atoms with Gasteiger partial charge in [-0.2, -0.15) is 0 Å². The number of unbranched alkanes of at least 4 members (excludes halogenated alkanes) is 1. The van der Waals surface area contributed by atoms with Crippen molar-refractivity contribution in [2.24, 2.45) is 11.8 Å². The molecular formula is C22H33ClO2. The van der Waals surface area contributed by atoms with E-state index >= 15 is 0 Å². The van der Waals surface area contributed by atoms with E-state index in [-0.39, 0.29) is 6.29 Å². The standard InChI is InChI=1S/C22H33ClO2/c1-2-3-4-18-15-24-22(25-16-18)14-7-17-5-8-19(9-6-17)20-10-12-21(23)13-11-20/h10-13,17-19,22H,2-9,14-16H2,1H3. The van der Waals surface area contributed by atoms with Gasteiger partial charge in [0.2, 0.25) is 0 Å². The van der Waals surface area contributed by atoms with Crippen molar-refractivity contribution in [2.45, 2.75) is 76.9 Å². The van der Waals surface area contributed by atoms with Crippen molar-refractivity contribution < 1.29 is 9.47 Å². The number of hydrogen-bond donors (Lipinski definition) is 0. The van der Waals surface area contributed by atoms with Gasteiger partial charge in [0.05, 0.1) is 13.2 Å². The summed E-state index contributed by atoms with van der Waals surface area (Å²) in [6, 6.07) is 8.45. The monoisotopic (exact) mass is 364 g/mol. The molecule has 0 atom stereocenters. The van der Waals surface area contributed by atoms with E-state index in [0.29, 0.717) is 5.92 Å². The Balaban J connectivity index is 1.32. The molecule has 2 aliphatic rings. The molecule has 0 unspecified atom stereocenters. The Labute approximate surface area is 158 Å². The molecule has 1 saturated carbocycles. The van der Waals surface area contributed by atoms with Gasteiger partial charge in [-0.05, 0) is 74.5 Å². The molecule has 1 aromatic carbocycles. The Kier molecular flexibility index (Phi) is 7.64. The van der Waals surface area contributed by atoms with Crippen LogP contribution in [0.2, 0.25) is 5.02 Å². The molecule has 1 saturated heterocycles. The highest BCUT2D eigenvalue weighted by atomic mass is 35.5. The summed E-state index contributed by atoms with van der Waals surface area (Å²) in [5, 5.41) is 0.835. The lowest BCUT2D eigenvalue weighted by Gasteiger charge is -2.32. The van der Waals surface area contributed by atoms with E-state index in [1.807, 2.05) is 12.1 Å². The molecule has 0 spiro atoms. The van der Waals surface area contributed by atoms with E-state index in [1.165, 1.54) is 56.9 Å². The predicted octanol–water partition coefficient (Wildman–Crippen LogP) is 6.57. The largest absolute Gasteiger partial charge is 0.352 e. The van der Waals surface area contributed by atoms with Crippen molar-refractivity contribution in [1.82, 2.24) is 0 Å². The zero-order valence-electron chi connectivity index (χ0n) is 15.6. The van der Waals surface area contributed by atoms with Gasteiger partial charge in [-0.15, -0.1) is 0 Å². The van der Waals surface area contributed by atoms with Crippen LogP contribution in [0.4, 0.5) is 0 Å². The van der Waals surface area contributed by atoms with E-state index < -0.39 is 0 Å². The molecular weight excluding hydrogens is 332 g/mol. The van der Waals surface area contributed by atoms with Gasteiger partial charge < -0.3 is 9.47 Å². The Bertz CT molecular complexity index is 485. The number of halogens is 1. The molecule has 1 aromatic rings. The van der Waals surface area contributed by atoms with Crippen molar-refractivity contribution in [2.75, 3.05) is 13.2 Å². The molecule has 0 amide bonds. The molecule has 3 rings (SSSR count). The summed E-state index contributed by atoms with van der Waals surface area (Å²) in [6.07, 6.45) is 11.4. The lowest BCUT2D eigenvalue weighted by Crippen LogP contribution is -2.32. The highest BCUT2D eigenvalue weighted by Gasteiger charge is 2.25. The summed E-state index contributed by atoms with van der Waals surface area (Å²) in [4.78, 5) is 0. The lowest BCUT2D eigenvalue weighted by atomic mass is 9.77. The average Bonchev–Trinajstić information content (AvgIpc) is 2.67. The van der Waals surface area contributed by atoms with E-state index in [4.69, 9.17) is 21.1 Å². The van der Waals surface area contributed by atoms with Crippen LogP contribution in [0.3, 0.4) is 0 Å². The van der Waals surface area contributed by atoms with Crippen molar-refractivity contribution >= 4 is 11.6 Å². The summed E-state index contributed by atoms with van der Waals surface area (Å²) >= 11 is 6.00. The van der Waals surface area contributed by atoms with Crippen molar-refractivity contribution in [1.29, 1.82) is 0 Å². The fourth-order valence-electron chi connectivity index (χ4n) is 4.30. The van der Waals surface area contributed by atoms with Crippen LogP contribution in [0.15, 0.2) is 24.3 Å². The molecule has 0 aromatic heterocycles. The molecule has 140 valence electrons. The zero-order chi connectivity index (χ0) is 17.5. The van der Waals surface area contributed by atoms with Gasteiger partial charge in [0, 0.05) is 10.9 Å². The molecule has 2 fully saturated rings. The third-order valence-corrected chi connectivity index (χ3v) is 6.25. The number of rotatable bonds is 7. The minimum absolute atomic E-state index is 0.0480. The van der Waals surface area contributed by atoms with Crippen molar-refractivity contribution in [3.63, 3.8) is 0 Å². The molecule has 25 heavy (non-hydrogen) atoms. The molecule has 1 heterocycles. The topological polar surface area (TPSA) is 18.5 Å². The van der Waals surface area contributed by atoms with Crippen LogP contribution in [0, 0.1) is 11.8 Å². The van der Waals surface area contributed by atoms with Gasteiger partial charge >= 0.3 is 0 Å². The summed E-state index contributed by atoms with van der Waals surface area (Å²) in [5.41, 5.74) is 1.46. The van der Waals surface area contributed by atoms with Crippen LogP contribution in [0.5, 0.6) is 0 Å². The van der Waals surface area contributed by atoms with Crippen LogP contribution < -0.4 is 0 Å². The second kappa shape index (κ2) is 9.94. The van der Waals surface area contributed by atoms with Crippen molar-refractivity contribution in [3.8, 4) is 0 Å². The Morgan fingerprint density at radius 2 is 1.56 bits per heavy atom. The van der Waals surface area contributed by atoms with E-state index in [2.05, 4.69) is 19.1 Å². The molecule has 3 heteroatoms. The van der Waals surface area contributed by atoms with E-state index in [9.17, 15) is 0 Å². The van der Waals surface area contributed by atoms with Gasteiger partial charge in [-0.3, -0.25) is 0 Å². The SMILES string of the molecule is CCCCC1COC(CCC2CCC(c3ccc(Cl)cc3)CC2)OC1. The van der Waals surface area contributed by atoms with E-state index in [0.717, 1.165) is 36.5 Å². The third-order valence-electron chi connectivity index (χ3n) is 6.00. The second-order valence-corrected chi connectivity index (χ2v) is 8.39. The first-order chi connectivity index (χ1) is 12.2. The maximum atomic E-state index is 6.00. The quantitative estimate of drug-likeness (QED) is 0.544. The number of ether oxygens (including phenoxy) is 2. The Hall–Kier alpha value is -0.570. The van der Waals surface area contributed by atoms with Crippen LogP contribution in [0.1, 0.15) is 76.2 Å². The van der Waals surface area contributed by atoms with Crippen molar-refractivity contribution in [3.05, 3.63) is 34.9 Å². The minimum Gasteiger partial charge on any atom is -0.352 e. The zero-order valence-corrected chi connectivity index (χ0v) is 16.3. The first-order valence-corrected chi connectivity index (χ1v) is 10.6. The van der Waals surface area contributed by atoms with Crippen LogP contribution in [-0.2, 0) is 9.47 Å². The molecule has 0 radical (unpaired) electrons. The van der Waals surface area contributed by atoms with Crippen LogP contribution in [0.25, 0.3) is 0 Å². The van der Waals surface area contributed by atoms with Crippen LogP contribution >= 0.6 is 11.6 Å². The smallest absolute Gasteiger partial charge is 0.157 e. The molecule has 1 aliphatic heterocycles. The van der Waals surface area contributed by atoms with Gasteiger partial charge in [0.1, 0.15) is 0 Å². The van der Waals surface area contributed by atoms with Gasteiger partial charge in [-0.1, -0.05) is 43.5 Å². The average molecular weight is 365 g/mol. The fourth-order valence-corrected chi connectivity index (χ4v) is 4.43. The summed E-state index contributed by atoms with van der Waals surface area (Å²) < 4.78 is 11.9. The first-order valence-electron chi connectivity index (χ1n) is 10.2. The fraction of sp³-hybridized carbons (Fsp3) is 0.727. The van der Waals surface area contributed by atoms with Gasteiger partial charge in [0.15, 0.2) is 6.29 Å². The lowest BCUT2D eigenvalue weighted by molar-refractivity contribution is -0.205. The maximum absolute atomic E-state index is 6.00. The molecule has 0 N–H and O–H groups in total. The Morgan fingerprint density at radius 1 is 0.880 bits per heavy atom. The predicted molar refractivity (Wildman–Crippen MR) is 104 cm³/mol. The normalized spacial score (nSPS) is 30.3. The summed E-state index contributed by atoms with van der Waals surface area (Å²) in [6.45, 7) is 4.04. The second-order valence-electron chi connectivity index (χ2n) is 7.95. The van der Waals surface area contributed by atoms with Crippen LogP contribution in [-0.4, -0.2) is 19.5 Å². The molecule has 2 nitrogen and oxygen atoms in total. The highest BCUT2D eigenvalue weighted by Crippen LogP contribution is 2.38. The number of hydrogen-bond acceptors (Lipinski definition) is 2. The highest BCUT2D eigenvalue weighted by molar-refractivity contribution is 6.30. The summed E-state index contributed by atoms with van der Waals surface area (Å²) in [5.74, 6) is 2.18.